The number of hydrogen-bond acceptors (Lipinski definition) is 5. The minimum Gasteiger partial charge on any atom is -0.507 e. The van der Waals surface area contributed by atoms with Crippen LogP contribution in [0.15, 0.2) is 77.0 Å². The van der Waals surface area contributed by atoms with Crippen molar-refractivity contribution < 1.29 is 19.4 Å². The Morgan fingerprint density at radius 3 is 2.67 bits per heavy atom. The van der Waals surface area contributed by atoms with Crippen LogP contribution in [0.2, 0.25) is 5.02 Å². The van der Waals surface area contributed by atoms with E-state index in [4.69, 9.17) is 16.3 Å². The van der Waals surface area contributed by atoms with Gasteiger partial charge in [0.15, 0.2) is 0 Å². The smallest absolute Gasteiger partial charge is 0.295 e. The third-order valence-electron chi connectivity index (χ3n) is 5.29. The lowest BCUT2D eigenvalue weighted by molar-refractivity contribution is -0.140. The highest BCUT2D eigenvalue weighted by atomic mass is 79.9. The van der Waals surface area contributed by atoms with Crippen molar-refractivity contribution in [2.24, 2.45) is 0 Å². The minimum absolute atomic E-state index is 0.00205. The number of aliphatic hydroxyl groups excluding tert-OH is 1. The molecule has 0 bridgehead atoms. The van der Waals surface area contributed by atoms with Crippen molar-refractivity contribution >= 4 is 45.0 Å². The summed E-state index contributed by atoms with van der Waals surface area (Å²) in [6, 6.07) is 14.9. The first-order chi connectivity index (χ1) is 15.9. The second kappa shape index (κ2) is 9.77. The highest BCUT2D eigenvalue weighted by molar-refractivity contribution is 9.10. The van der Waals surface area contributed by atoms with Gasteiger partial charge in [-0.05, 0) is 54.4 Å². The van der Waals surface area contributed by atoms with Crippen LogP contribution in [-0.2, 0) is 16.1 Å². The molecule has 0 saturated carbocycles. The number of pyridine rings is 1. The van der Waals surface area contributed by atoms with Crippen LogP contribution in [0.1, 0.15) is 29.7 Å². The lowest BCUT2D eigenvalue weighted by Gasteiger charge is -2.25. The molecule has 4 rings (SSSR count). The number of benzene rings is 2. The predicted molar refractivity (Wildman–Crippen MR) is 129 cm³/mol. The number of Topliss-reactive ketones (excluding diaryl/α,β-unsaturated/α-hetero) is 1. The monoisotopic (exact) mass is 526 g/mol. The quantitative estimate of drug-likeness (QED) is 0.259. The molecule has 1 unspecified atom stereocenters. The van der Waals surface area contributed by atoms with Crippen LogP contribution in [0, 0.1) is 0 Å². The van der Waals surface area contributed by atoms with Crippen molar-refractivity contribution in [1.29, 1.82) is 0 Å². The van der Waals surface area contributed by atoms with Crippen molar-refractivity contribution in [1.82, 2.24) is 9.88 Å². The number of aliphatic hydroxyl groups is 1. The van der Waals surface area contributed by atoms with Gasteiger partial charge in [-0.2, -0.15) is 0 Å². The molecule has 8 heteroatoms. The van der Waals surface area contributed by atoms with E-state index in [-0.39, 0.29) is 17.9 Å². The van der Waals surface area contributed by atoms with E-state index in [1.807, 2.05) is 37.3 Å². The summed E-state index contributed by atoms with van der Waals surface area (Å²) in [5, 5.41) is 11.5. The van der Waals surface area contributed by atoms with E-state index < -0.39 is 17.7 Å². The highest BCUT2D eigenvalue weighted by Crippen LogP contribution is 2.41. The zero-order valence-electron chi connectivity index (χ0n) is 17.7. The van der Waals surface area contributed by atoms with Gasteiger partial charge in [0, 0.05) is 29.0 Å². The van der Waals surface area contributed by atoms with Gasteiger partial charge in [0.1, 0.15) is 11.5 Å². The number of ketones is 1. The molecule has 0 radical (unpaired) electrons. The number of aromatic nitrogens is 1. The van der Waals surface area contributed by atoms with E-state index in [0.717, 1.165) is 10.0 Å². The first-order valence-electron chi connectivity index (χ1n) is 10.3. The first-order valence-corrected chi connectivity index (χ1v) is 11.4. The van der Waals surface area contributed by atoms with Crippen molar-refractivity contribution in [2.45, 2.75) is 19.5 Å². The fourth-order valence-corrected chi connectivity index (χ4v) is 4.48. The van der Waals surface area contributed by atoms with Gasteiger partial charge >= 0.3 is 0 Å². The second-order valence-electron chi connectivity index (χ2n) is 7.42. The minimum atomic E-state index is -0.784. The molecular weight excluding hydrogens is 508 g/mol. The maximum atomic E-state index is 13.1. The third kappa shape index (κ3) is 4.65. The summed E-state index contributed by atoms with van der Waals surface area (Å²) in [5.41, 5.74) is 1.78. The maximum absolute atomic E-state index is 13.1. The van der Waals surface area contributed by atoms with Crippen molar-refractivity contribution in [3.8, 4) is 5.75 Å². The van der Waals surface area contributed by atoms with Gasteiger partial charge in [0.05, 0.1) is 23.2 Å². The zero-order chi connectivity index (χ0) is 23.5. The van der Waals surface area contributed by atoms with E-state index >= 15 is 0 Å². The Hall–Kier alpha value is -3.16. The zero-order valence-corrected chi connectivity index (χ0v) is 20.0. The molecule has 0 spiro atoms. The van der Waals surface area contributed by atoms with Gasteiger partial charge in [-0.25, -0.2) is 0 Å². The average Bonchev–Trinajstić information content (AvgIpc) is 3.05. The molecule has 33 heavy (non-hydrogen) atoms. The maximum Gasteiger partial charge on any atom is 0.295 e. The molecule has 1 N–H and O–H groups in total. The molecule has 1 aliphatic rings. The summed E-state index contributed by atoms with van der Waals surface area (Å²) < 4.78 is 6.24. The number of halogens is 2. The van der Waals surface area contributed by atoms with E-state index in [2.05, 4.69) is 20.9 Å². The van der Waals surface area contributed by atoms with Crippen molar-refractivity contribution in [3.63, 3.8) is 0 Å². The highest BCUT2D eigenvalue weighted by Gasteiger charge is 2.46. The number of likely N-dealkylation sites (tertiary alicyclic amines) is 1. The summed E-state index contributed by atoms with van der Waals surface area (Å²) >= 11 is 9.75. The fraction of sp³-hybridized carbons (Fsp3) is 0.160. The van der Waals surface area contributed by atoms with Gasteiger partial charge in [0.2, 0.25) is 0 Å². The van der Waals surface area contributed by atoms with Gasteiger partial charge in [-0.3, -0.25) is 14.6 Å². The van der Waals surface area contributed by atoms with E-state index in [0.29, 0.717) is 28.5 Å². The SMILES string of the molecule is CCOc1ccc(/C(O)=C2/C(=O)C(=O)N(Cc3cccnc3)C2c2cccc(Br)c2)cc1Cl. The molecule has 2 heterocycles. The van der Waals surface area contributed by atoms with Gasteiger partial charge < -0.3 is 14.7 Å². The first kappa shape index (κ1) is 23.0. The molecule has 1 fully saturated rings. The molecule has 1 saturated heterocycles. The van der Waals surface area contributed by atoms with E-state index in [1.54, 1.807) is 30.6 Å². The third-order valence-corrected chi connectivity index (χ3v) is 6.07. The Bertz CT molecular complexity index is 1250. The fourth-order valence-electron chi connectivity index (χ4n) is 3.83. The van der Waals surface area contributed by atoms with Gasteiger partial charge in [0.25, 0.3) is 11.7 Å². The van der Waals surface area contributed by atoms with Crippen LogP contribution in [-0.4, -0.2) is 33.3 Å². The summed E-state index contributed by atoms with van der Waals surface area (Å²) in [7, 11) is 0. The van der Waals surface area contributed by atoms with Crippen LogP contribution in [0.4, 0.5) is 0 Å². The number of carbonyl (C=O) groups excluding carboxylic acids is 2. The molecule has 1 atom stereocenters. The largest absolute Gasteiger partial charge is 0.507 e. The van der Waals surface area contributed by atoms with E-state index in [1.165, 1.54) is 11.0 Å². The standard InChI is InChI=1S/C25H20BrClN2O4/c1-2-33-20-9-8-17(12-19(20)27)23(30)21-22(16-6-3-7-18(26)11-16)29(25(32)24(21)31)14-15-5-4-10-28-13-15/h3-13,22,30H,2,14H2,1H3/b23-21-. The van der Waals surface area contributed by atoms with Crippen molar-refractivity contribution in [2.75, 3.05) is 6.61 Å². The van der Waals surface area contributed by atoms with Gasteiger partial charge in [-0.1, -0.05) is 45.7 Å². The van der Waals surface area contributed by atoms with Crippen LogP contribution in [0.3, 0.4) is 0 Å². The van der Waals surface area contributed by atoms with Gasteiger partial charge in [-0.15, -0.1) is 0 Å². The molecule has 1 amide bonds. The van der Waals surface area contributed by atoms with Crippen molar-refractivity contribution in [3.05, 3.63) is 98.7 Å². The summed E-state index contributed by atoms with van der Waals surface area (Å²) in [4.78, 5) is 31.8. The lowest BCUT2D eigenvalue weighted by Crippen LogP contribution is -2.29. The molecule has 1 aliphatic heterocycles. The second-order valence-corrected chi connectivity index (χ2v) is 8.74. The summed E-state index contributed by atoms with van der Waals surface area (Å²) in [6.45, 7) is 2.44. The number of hydrogen-bond donors (Lipinski definition) is 1. The topological polar surface area (TPSA) is 79.7 Å². The van der Waals surface area contributed by atoms with Crippen LogP contribution in [0.5, 0.6) is 5.75 Å². The Labute approximate surface area is 204 Å². The molecular formula is C25H20BrClN2O4. The molecule has 0 aliphatic carbocycles. The molecule has 3 aromatic rings. The van der Waals surface area contributed by atoms with E-state index in [9.17, 15) is 14.7 Å². The Morgan fingerprint density at radius 1 is 1.18 bits per heavy atom. The normalized spacial score (nSPS) is 17.4. The Morgan fingerprint density at radius 2 is 2.00 bits per heavy atom. The lowest BCUT2D eigenvalue weighted by atomic mass is 9.95. The molecule has 1 aromatic heterocycles. The number of carbonyl (C=O) groups is 2. The number of amides is 1. The predicted octanol–water partition coefficient (Wildman–Crippen LogP) is 5.52. The number of nitrogens with zero attached hydrogens (tertiary/aromatic N) is 2. The van der Waals surface area contributed by atoms with Crippen LogP contribution < -0.4 is 4.74 Å². The molecule has 168 valence electrons. The average molecular weight is 528 g/mol. The number of rotatable bonds is 6. The van der Waals surface area contributed by atoms with Crippen LogP contribution >= 0.6 is 27.5 Å². The summed E-state index contributed by atoms with van der Waals surface area (Å²) in [6.07, 6.45) is 3.28. The molecule has 6 nitrogen and oxygen atoms in total. The Kier molecular flexibility index (Phi) is 6.81. The van der Waals surface area contributed by atoms with Crippen LogP contribution in [0.25, 0.3) is 5.76 Å². The Balaban J connectivity index is 1.85. The number of ether oxygens (including phenoxy) is 1. The summed E-state index contributed by atoms with van der Waals surface area (Å²) in [5.74, 6) is -1.28. The molecule has 2 aromatic carbocycles.